The number of hydrogen-bond donors (Lipinski definition) is 0. The van der Waals surface area contributed by atoms with Gasteiger partial charge in [-0.05, 0) is 38.0 Å². The third-order valence-electron chi connectivity index (χ3n) is 3.68. The van der Waals surface area contributed by atoms with E-state index in [2.05, 4.69) is 19.9 Å². The van der Waals surface area contributed by atoms with Gasteiger partial charge in [0.2, 0.25) is 5.78 Å². The summed E-state index contributed by atoms with van der Waals surface area (Å²) >= 11 is 0. The Bertz CT molecular complexity index is 566. The quantitative estimate of drug-likeness (QED) is 0.671. The second-order valence-electron chi connectivity index (χ2n) is 5.26. The maximum absolute atomic E-state index is 12.4. The average molecular weight is 258 g/mol. The first kappa shape index (κ1) is 13.9. The molecule has 19 heavy (non-hydrogen) atoms. The highest BCUT2D eigenvalue weighted by molar-refractivity contribution is 5.99. The molecule has 0 saturated heterocycles. The zero-order chi connectivity index (χ0) is 13.8. The Balaban J connectivity index is 2.24. The molecule has 0 aliphatic heterocycles. The molecule has 0 fully saturated rings. The van der Waals surface area contributed by atoms with Gasteiger partial charge in [0.05, 0.1) is 0 Å². The first-order valence-electron chi connectivity index (χ1n) is 7.20. The van der Waals surface area contributed by atoms with Crippen LogP contribution in [-0.4, -0.2) is 5.78 Å². The molecular weight excluding hydrogens is 236 g/mol. The molecule has 0 amide bonds. The number of ketones is 1. The van der Waals surface area contributed by atoms with E-state index in [1.807, 2.05) is 25.1 Å². The van der Waals surface area contributed by atoms with Gasteiger partial charge < -0.3 is 4.42 Å². The molecule has 1 aromatic carbocycles. The summed E-state index contributed by atoms with van der Waals surface area (Å²) in [4.78, 5) is 12.4. The molecule has 0 radical (unpaired) electrons. The summed E-state index contributed by atoms with van der Waals surface area (Å²) < 4.78 is 5.70. The second-order valence-corrected chi connectivity index (χ2v) is 5.26. The summed E-state index contributed by atoms with van der Waals surface area (Å²) in [6.07, 6.45) is 4.07. The molecule has 0 N–H and O–H groups in total. The minimum Gasteiger partial charge on any atom is -0.453 e. The lowest BCUT2D eigenvalue weighted by atomic mass is 9.93. The Kier molecular flexibility index (Phi) is 4.41. The number of hydrogen-bond acceptors (Lipinski definition) is 2. The zero-order valence-corrected chi connectivity index (χ0v) is 12.0. The first-order valence-corrected chi connectivity index (χ1v) is 7.20. The van der Waals surface area contributed by atoms with Gasteiger partial charge in [0.25, 0.3) is 0 Å². The molecule has 0 aliphatic rings. The smallest absolute Gasteiger partial charge is 0.201 e. The third-order valence-corrected chi connectivity index (χ3v) is 3.68. The molecule has 0 saturated carbocycles. The number of carbonyl (C=O) groups is 1. The molecule has 1 atom stereocenters. The van der Waals surface area contributed by atoms with Crippen molar-refractivity contribution >= 4 is 16.8 Å². The number of benzene rings is 1. The lowest BCUT2D eigenvalue weighted by molar-refractivity contribution is 0.0882. The summed E-state index contributed by atoms with van der Waals surface area (Å²) in [5.41, 5.74) is 1.99. The highest BCUT2D eigenvalue weighted by Crippen LogP contribution is 2.25. The molecule has 2 nitrogen and oxygen atoms in total. The fourth-order valence-electron chi connectivity index (χ4n) is 2.46. The van der Waals surface area contributed by atoms with Crippen molar-refractivity contribution in [2.45, 2.75) is 46.5 Å². The van der Waals surface area contributed by atoms with E-state index < -0.39 is 0 Å². The predicted octanol–water partition coefficient (Wildman–Crippen LogP) is 5.14. The average Bonchev–Trinajstić information content (AvgIpc) is 2.82. The van der Waals surface area contributed by atoms with Gasteiger partial charge in [0, 0.05) is 11.3 Å². The predicted molar refractivity (Wildman–Crippen MR) is 78.6 cm³/mol. The molecule has 1 aromatic heterocycles. The van der Waals surface area contributed by atoms with Crippen LogP contribution in [0.5, 0.6) is 0 Å². The Labute approximate surface area is 114 Å². The van der Waals surface area contributed by atoms with Crippen molar-refractivity contribution in [3.05, 3.63) is 35.6 Å². The van der Waals surface area contributed by atoms with Crippen LogP contribution >= 0.6 is 0 Å². The number of rotatable bonds is 6. The van der Waals surface area contributed by atoms with E-state index in [1.54, 1.807) is 0 Å². The monoisotopic (exact) mass is 258 g/mol. The normalized spacial score (nSPS) is 12.8. The summed E-state index contributed by atoms with van der Waals surface area (Å²) in [6, 6.07) is 7.89. The standard InChI is InChI=1S/C17H22O2/c1-4-6-7-13(5-2)17(18)16-11-14-10-12(3)8-9-15(14)19-16/h8-11,13H,4-7H2,1-3H3. The SMILES string of the molecule is CCCCC(CC)C(=O)c1cc2cc(C)ccc2o1. The van der Waals surface area contributed by atoms with Crippen molar-refractivity contribution in [1.82, 2.24) is 0 Å². The number of fused-ring (bicyclic) bond motifs is 1. The van der Waals surface area contributed by atoms with Gasteiger partial charge in [-0.2, -0.15) is 0 Å². The topological polar surface area (TPSA) is 30.2 Å². The van der Waals surface area contributed by atoms with Gasteiger partial charge in [-0.15, -0.1) is 0 Å². The fourth-order valence-corrected chi connectivity index (χ4v) is 2.46. The maximum atomic E-state index is 12.4. The van der Waals surface area contributed by atoms with Crippen molar-refractivity contribution in [3.63, 3.8) is 0 Å². The van der Waals surface area contributed by atoms with Crippen LogP contribution in [0.2, 0.25) is 0 Å². The van der Waals surface area contributed by atoms with Crippen LogP contribution < -0.4 is 0 Å². The van der Waals surface area contributed by atoms with Crippen LogP contribution in [0.1, 0.15) is 55.6 Å². The van der Waals surface area contributed by atoms with Gasteiger partial charge in [0.15, 0.2) is 5.76 Å². The van der Waals surface area contributed by atoms with Gasteiger partial charge in [0.1, 0.15) is 5.58 Å². The molecule has 0 aliphatic carbocycles. The van der Waals surface area contributed by atoms with Crippen LogP contribution in [-0.2, 0) is 0 Å². The minimum atomic E-state index is 0.0987. The molecule has 2 aromatic rings. The highest BCUT2D eigenvalue weighted by atomic mass is 16.3. The largest absolute Gasteiger partial charge is 0.453 e. The molecule has 1 unspecified atom stereocenters. The Morgan fingerprint density at radius 3 is 2.74 bits per heavy atom. The summed E-state index contributed by atoms with van der Waals surface area (Å²) in [5, 5.41) is 1.02. The van der Waals surface area contributed by atoms with Crippen molar-refractivity contribution in [2.75, 3.05) is 0 Å². The second kappa shape index (κ2) is 6.05. The van der Waals surface area contributed by atoms with Gasteiger partial charge >= 0.3 is 0 Å². The van der Waals surface area contributed by atoms with Crippen LogP contribution in [0.4, 0.5) is 0 Å². The number of unbranched alkanes of at least 4 members (excludes halogenated alkanes) is 1. The highest BCUT2D eigenvalue weighted by Gasteiger charge is 2.21. The van der Waals surface area contributed by atoms with E-state index in [0.717, 1.165) is 36.7 Å². The third kappa shape index (κ3) is 3.06. The van der Waals surface area contributed by atoms with Crippen molar-refractivity contribution < 1.29 is 9.21 Å². The van der Waals surface area contributed by atoms with Crippen molar-refractivity contribution in [1.29, 1.82) is 0 Å². The Hall–Kier alpha value is -1.57. The van der Waals surface area contributed by atoms with E-state index in [-0.39, 0.29) is 11.7 Å². The summed E-state index contributed by atoms with van der Waals surface area (Å²) in [7, 11) is 0. The van der Waals surface area contributed by atoms with Crippen molar-refractivity contribution in [2.24, 2.45) is 5.92 Å². The van der Waals surface area contributed by atoms with Gasteiger partial charge in [-0.1, -0.05) is 38.3 Å². The van der Waals surface area contributed by atoms with Crippen LogP contribution in [0, 0.1) is 12.8 Å². The minimum absolute atomic E-state index is 0.0987. The number of furan rings is 1. The van der Waals surface area contributed by atoms with E-state index in [9.17, 15) is 4.79 Å². The van der Waals surface area contributed by atoms with E-state index in [1.165, 1.54) is 5.56 Å². The van der Waals surface area contributed by atoms with E-state index in [0.29, 0.717) is 5.76 Å². The number of carbonyl (C=O) groups excluding carboxylic acids is 1. The zero-order valence-electron chi connectivity index (χ0n) is 12.0. The first-order chi connectivity index (χ1) is 9.15. The van der Waals surface area contributed by atoms with Crippen molar-refractivity contribution in [3.8, 4) is 0 Å². The summed E-state index contributed by atoms with van der Waals surface area (Å²) in [6.45, 7) is 6.27. The molecule has 0 bridgehead atoms. The van der Waals surface area contributed by atoms with E-state index >= 15 is 0 Å². The van der Waals surface area contributed by atoms with Crippen LogP contribution in [0.3, 0.4) is 0 Å². The molecule has 102 valence electrons. The van der Waals surface area contributed by atoms with Crippen LogP contribution in [0.25, 0.3) is 11.0 Å². The lowest BCUT2D eigenvalue weighted by Gasteiger charge is -2.10. The molecular formula is C17H22O2. The lowest BCUT2D eigenvalue weighted by Crippen LogP contribution is -2.13. The fraction of sp³-hybridized carbons (Fsp3) is 0.471. The maximum Gasteiger partial charge on any atom is 0.201 e. The molecule has 2 heteroatoms. The number of aryl methyl sites for hydroxylation is 1. The molecule has 0 spiro atoms. The van der Waals surface area contributed by atoms with Gasteiger partial charge in [-0.25, -0.2) is 0 Å². The van der Waals surface area contributed by atoms with Crippen LogP contribution in [0.15, 0.2) is 28.7 Å². The Morgan fingerprint density at radius 1 is 1.26 bits per heavy atom. The Morgan fingerprint density at radius 2 is 2.05 bits per heavy atom. The van der Waals surface area contributed by atoms with E-state index in [4.69, 9.17) is 4.42 Å². The molecule has 2 rings (SSSR count). The number of Topliss-reactive ketones (excluding diaryl/α,β-unsaturated/α-hetero) is 1. The molecule has 1 heterocycles. The van der Waals surface area contributed by atoms with Gasteiger partial charge in [-0.3, -0.25) is 4.79 Å². The summed E-state index contributed by atoms with van der Waals surface area (Å²) in [5.74, 6) is 0.773.